The topological polar surface area (TPSA) is 90.5 Å². The van der Waals surface area contributed by atoms with Crippen molar-refractivity contribution in [1.82, 2.24) is 16.0 Å². The van der Waals surface area contributed by atoms with E-state index in [2.05, 4.69) is 16.0 Å². The van der Waals surface area contributed by atoms with E-state index in [-0.39, 0.29) is 35.9 Å². The quantitative estimate of drug-likeness (QED) is 0.582. The fourth-order valence-electron chi connectivity index (χ4n) is 2.48. The summed E-state index contributed by atoms with van der Waals surface area (Å²) in [5.41, 5.74) is 0.429. The van der Waals surface area contributed by atoms with Gasteiger partial charge in [-0.1, -0.05) is 6.07 Å². The second-order valence-electron chi connectivity index (χ2n) is 5.48. The lowest BCUT2D eigenvalue weighted by atomic mass is 9.97. The maximum absolute atomic E-state index is 11.9. The SMILES string of the molecule is Cl.O=C(NCCCNC(=O)C1CCNCC1)c1cccc(O)c1. The lowest BCUT2D eigenvalue weighted by Gasteiger charge is -2.21. The van der Waals surface area contributed by atoms with E-state index in [0.717, 1.165) is 25.9 Å². The Morgan fingerprint density at radius 1 is 1.17 bits per heavy atom. The molecular weight excluding hydrogens is 318 g/mol. The molecule has 23 heavy (non-hydrogen) atoms. The van der Waals surface area contributed by atoms with Gasteiger partial charge in [0.2, 0.25) is 5.91 Å². The molecule has 0 aliphatic carbocycles. The first-order chi connectivity index (χ1) is 10.7. The predicted molar refractivity (Wildman–Crippen MR) is 90.9 cm³/mol. The van der Waals surface area contributed by atoms with Crippen LogP contribution in [0.1, 0.15) is 29.6 Å². The first kappa shape index (κ1) is 19.3. The number of benzene rings is 1. The molecule has 1 fully saturated rings. The van der Waals surface area contributed by atoms with Crippen molar-refractivity contribution < 1.29 is 14.7 Å². The van der Waals surface area contributed by atoms with E-state index in [9.17, 15) is 14.7 Å². The van der Waals surface area contributed by atoms with Crippen molar-refractivity contribution in [3.63, 3.8) is 0 Å². The molecule has 0 unspecified atom stereocenters. The second kappa shape index (κ2) is 10.1. The zero-order valence-electron chi connectivity index (χ0n) is 13.0. The van der Waals surface area contributed by atoms with E-state index in [1.807, 2.05) is 0 Å². The smallest absolute Gasteiger partial charge is 0.251 e. The molecule has 1 saturated heterocycles. The third-order valence-corrected chi connectivity index (χ3v) is 3.76. The fraction of sp³-hybridized carbons (Fsp3) is 0.500. The Labute approximate surface area is 142 Å². The summed E-state index contributed by atoms with van der Waals surface area (Å²) in [6.07, 6.45) is 2.46. The van der Waals surface area contributed by atoms with Crippen LogP contribution in [0.15, 0.2) is 24.3 Å². The zero-order chi connectivity index (χ0) is 15.8. The van der Waals surface area contributed by atoms with Crippen molar-refractivity contribution >= 4 is 24.2 Å². The monoisotopic (exact) mass is 341 g/mol. The van der Waals surface area contributed by atoms with Crippen LogP contribution in [0.5, 0.6) is 5.75 Å². The maximum atomic E-state index is 11.9. The van der Waals surface area contributed by atoms with Crippen molar-refractivity contribution in [2.45, 2.75) is 19.3 Å². The van der Waals surface area contributed by atoms with Gasteiger partial charge in [-0.05, 0) is 50.6 Å². The minimum atomic E-state index is -0.222. The summed E-state index contributed by atoms with van der Waals surface area (Å²) in [4.78, 5) is 23.7. The van der Waals surface area contributed by atoms with Crippen LogP contribution in [-0.4, -0.2) is 43.1 Å². The molecule has 0 aromatic heterocycles. The Morgan fingerprint density at radius 2 is 1.87 bits per heavy atom. The number of carbonyl (C=O) groups excluding carboxylic acids is 2. The van der Waals surface area contributed by atoms with Crippen LogP contribution in [0.2, 0.25) is 0 Å². The summed E-state index contributed by atoms with van der Waals surface area (Å²) in [6.45, 7) is 2.85. The highest BCUT2D eigenvalue weighted by Crippen LogP contribution is 2.11. The van der Waals surface area contributed by atoms with Crippen molar-refractivity contribution in [3.8, 4) is 5.75 Å². The summed E-state index contributed by atoms with van der Waals surface area (Å²) < 4.78 is 0. The first-order valence-electron chi connectivity index (χ1n) is 7.72. The maximum Gasteiger partial charge on any atom is 0.251 e. The minimum Gasteiger partial charge on any atom is -0.508 e. The van der Waals surface area contributed by atoms with E-state index >= 15 is 0 Å². The standard InChI is InChI=1S/C16H23N3O3.ClH/c20-14-4-1-3-13(11-14)16(22)19-8-2-7-18-15(21)12-5-9-17-10-6-12;/h1,3-4,11-12,17,20H,2,5-10H2,(H,18,21)(H,19,22);1H. The van der Waals surface area contributed by atoms with Gasteiger partial charge in [0.25, 0.3) is 5.91 Å². The summed E-state index contributed by atoms with van der Waals surface area (Å²) in [6, 6.07) is 6.22. The van der Waals surface area contributed by atoms with Gasteiger partial charge in [-0.25, -0.2) is 0 Å². The van der Waals surface area contributed by atoms with Gasteiger partial charge in [0.15, 0.2) is 0 Å². The highest BCUT2D eigenvalue weighted by atomic mass is 35.5. The molecule has 1 aliphatic rings. The van der Waals surface area contributed by atoms with Gasteiger partial charge < -0.3 is 21.1 Å². The lowest BCUT2D eigenvalue weighted by molar-refractivity contribution is -0.125. The van der Waals surface area contributed by atoms with Crippen LogP contribution >= 0.6 is 12.4 Å². The Bertz CT molecular complexity index is 519. The van der Waals surface area contributed by atoms with Crippen molar-refractivity contribution in [1.29, 1.82) is 0 Å². The molecule has 0 saturated carbocycles. The van der Waals surface area contributed by atoms with Crippen LogP contribution in [0.25, 0.3) is 0 Å². The van der Waals surface area contributed by atoms with E-state index in [1.165, 1.54) is 12.1 Å². The number of amides is 2. The Morgan fingerprint density at radius 3 is 2.57 bits per heavy atom. The highest BCUT2D eigenvalue weighted by molar-refractivity contribution is 5.94. The van der Waals surface area contributed by atoms with Crippen LogP contribution in [-0.2, 0) is 4.79 Å². The minimum absolute atomic E-state index is 0. The van der Waals surface area contributed by atoms with Gasteiger partial charge in [-0.2, -0.15) is 0 Å². The van der Waals surface area contributed by atoms with E-state index in [1.54, 1.807) is 12.1 Å². The van der Waals surface area contributed by atoms with E-state index in [4.69, 9.17) is 0 Å². The lowest BCUT2D eigenvalue weighted by Crippen LogP contribution is -2.39. The van der Waals surface area contributed by atoms with E-state index < -0.39 is 0 Å². The second-order valence-corrected chi connectivity index (χ2v) is 5.48. The molecule has 0 bridgehead atoms. The Kier molecular flexibility index (Phi) is 8.43. The molecule has 0 spiro atoms. The molecule has 1 aromatic rings. The van der Waals surface area contributed by atoms with Gasteiger partial charge in [0, 0.05) is 24.6 Å². The van der Waals surface area contributed by atoms with Crippen LogP contribution in [0, 0.1) is 5.92 Å². The number of phenols is 1. The number of phenolic OH excluding ortho intramolecular Hbond substituents is 1. The molecule has 1 aromatic carbocycles. The number of hydrogen-bond donors (Lipinski definition) is 4. The molecule has 1 aliphatic heterocycles. The number of piperidine rings is 1. The number of hydrogen-bond acceptors (Lipinski definition) is 4. The number of carbonyl (C=O) groups is 2. The highest BCUT2D eigenvalue weighted by Gasteiger charge is 2.20. The van der Waals surface area contributed by atoms with Gasteiger partial charge >= 0.3 is 0 Å². The van der Waals surface area contributed by atoms with Gasteiger partial charge in [-0.15, -0.1) is 12.4 Å². The zero-order valence-corrected chi connectivity index (χ0v) is 13.8. The van der Waals surface area contributed by atoms with Crippen molar-refractivity contribution in [2.75, 3.05) is 26.2 Å². The van der Waals surface area contributed by atoms with Crippen LogP contribution in [0.4, 0.5) is 0 Å². The molecule has 7 heteroatoms. The summed E-state index contributed by atoms with van der Waals surface area (Å²) in [7, 11) is 0. The number of rotatable bonds is 6. The predicted octanol–water partition coefficient (Wildman–Crippen LogP) is 1.05. The molecule has 2 rings (SSSR count). The molecule has 4 N–H and O–H groups in total. The Balaban J connectivity index is 0.00000264. The summed E-state index contributed by atoms with van der Waals surface area (Å²) in [5, 5.41) is 18.2. The molecule has 6 nitrogen and oxygen atoms in total. The third-order valence-electron chi connectivity index (χ3n) is 3.76. The number of nitrogens with one attached hydrogen (secondary N) is 3. The molecule has 0 radical (unpaired) electrons. The van der Waals surface area contributed by atoms with Crippen molar-refractivity contribution in [2.24, 2.45) is 5.92 Å². The fourth-order valence-corrected chi connectivity index (χ4v) is 2.48. The number of halogens is 1. The van der Waals surface area contributed by atoms with Crippen LogP contribution < -0.4 is 16.0 Å². The molecule has 1 heterocycles. The van der Waals surface area contributed by atoms with Gasteiger partial charge in [-0.3, -0.25) is 9.59 Å². The van der Waals surface area contributed by atoms with E-state index in [0.29, 0.717) is 25.1 Å². The average molecular weight is 342 g/mol. The summed E-state index contributed by atoms with van der Waals surface area (Å²) in [5.74, 6) is 0.0754. The molecule has 0 atom stereocenters. The normalized spacial score (nSPS) is 14.6. The molecule has 2 amide bonds. The van der Waals surface area contributed by atoms with Gasteiger partial charge in [0.1, 0.15) is 5.75 Å². The molecule has 128 valence electrons. The first-order valence-corrected chi connectivity index (χ1v) is 7.72. The average Bonchev–Trinajstić information content (AvgIpc) is 2.55. The van der Waals surface area contributed by atoms with Gasteiger partial charge in [0.05, 0.1) is 0 Å². The molecular formula is C16H24ClN3O3. The Hall–Kier alpha value is -1.79. The largest absolute Gasteiger partial charge is 0.508 e. The van der Waals surface area contributed by atoms with Crippen molar-refractivity contribution in [3.05, 3.63) is 29.8 Å². The summed E-state index contributed by atoms with van der Waals surface area (Å²) >= 11 is 0. The number of aromatic hydroxyl groups is 1. The van der Waals surface area contributed by atoms with Crippen LogP contribution in [0.3, 0.4) is 0 Å². The third kappa shape index (κ3) is 6.46.